The van der Waals surface area contributed by atoms with Crippen molar-refractivity contribution in [1.29, 1.82) is 0 Å². The lowest BCUT2D eigenvalue weighted by molar-refractivity contribution is 0.150. The third-order valence-electron chi connectivity index (χ3n) is 1.48. The maximum absolute atomic E-state index is 12.2. The Kier molecular flexibility index (Phi) is 2.82. The van der Waals surface area contributed by atoms with Crippen LogP contribution in [0.3, 0.4) is 0 Å². The molecule has 1 aromatic rings. The van der Waals surface area contributed by atoms with Crippen molar-refractivity contribution in [2.75, 3.05) is 0 Å². The minimum atomic E-state index is -2.47. The minimum Gasteiger partial charge on any atom is -0.255 e. The first-order valence-electron chi connectivity index (χ1n) is 3.55. The van der Waals surface area contributed by atoms with Crippen LogP contribution < -0.4 is 0 Å². The fraction of sp³-hybridized carbons (Fsp3) is 0.571. The van der Waals surface area contributed by atoms with Gasteiger partial charge in [-0.1, -0.05) is 0 Å². The van der Waals surface area contributed by atoms with Crippen LogP contribution in [0.1, 0.15) is 31.9 Å². The number of hydrogen-bond donors (Lipinski definition) is 0. The van der Waals surface area contributed by atoms with Crippen molar-refractivity contribution in [2.24, 2.45) is 0 Å². The third kappa shape index (κ3) is 1.65. The van der Waals surface area contributed by atoms with E-state index in [9.17, 15) is 8.78 Å². The summed E-state index contributed by atoms with van der Waals surface area (Å²) in [4.78, 5) is 0. The van der Waals surface area contributed by atoms with Gasteiger partial charge in [-0.05, 0) is 29.8 Å². The largest absolute Gasteiger partial charge is 0.267 e. The molecule has 0 amide bonds. The van der Waals surface area contributed by atoms with Gasteiger partial charge in [0.1, 0.15) is 4.60 Å². The van der Waals surface area contributed by atoms with Crippen molar-refractivity contribution in [2.45, 2.75) is 26.3 Å². The summed E-state index contributed by atoms with van der Waals surface area (Å²) in [6.07, 6.45) is -1.28. The predicted octanol–water partition coefficient (Wildman–Crippen LogP) is 3.16. The second kappa shape index (κ2) is 3.51. The molecule has 0 bridgehead atoms. The van der Waals surface area contributed by atoms with Gasteiger partial charge in [-0.3, -0.25) is 4.68 Å². The van der Waals surface area contributed by atoms with Gasteiger partial charge in [-0.25, -0.2) is 8.78 Å². The molecule has 0 saturated carbocycles. The van der Waals surface area contributed by atoms with Gasteiger partial charge >= 0.3 is 0 Å². The van der Waals surface area contributed by atoms with E-state index in [0.29, 0.717) is 4.60 Å². The van der Waals surface area contributed by atoms with Crippen LogP contribution in [0.15, 0.2) is 10.8 Å². The Labute approximate surface area is 77.7 Å². The third-order valence-corrected chi connectivity index (χ3v) is 2.31. The molecule has 12 heavy (non-hydrogen) atoms. The van der Waals surface area contributed by atoms with Crippen molar-refractivity contribution >= 4 is 15.9 Å². The van der Waals surface area contributed by atoms with Crippen molar-refractivity contribution < 1.29 is 8.78 Å². The summed E-state index contributed by atoms with van der Waals surface area (Å²) in [6.45, 7) is 3.76. The fourth-order valence-electron chi connectivity index (χ4n) is 0.867. The minimum absolute atomic E-state index is 0.0521. The van der Waals surface area contributed by atoms with Crippen LogP contribution in [0.5, 0.6) is 0 Å². The fourth-order valence-corrected chi connectivity index (χ4v) is 1.64. The smallest absolute Gasteiger partial charge is 0.255 e. The molecule has 0 aromatic carbocycles. The van der Waals surface area contributed by atoms with E-state index in [1.807, 2.05) is 13.8 Å². The molecule has 2 nitrogen and oxygen atoms in total. The Morgan fingerprint density at radius 3 is 2.33 bits per heavy atom. The number of rotatable bonds is 2. The molecule has 0 atom stereocenters. The maximum Gasteiger partial charge on any atom is 0.267 e. The SMILES string of the molecule is CC(C)n1ncc(C(F)F)c1Br. The zero-order valence-corrected chi connectivity index (χ0v) is 8.35. The van der Waals surface area contributed by atoms with Crippen molar-refractivity contribution in [1.82, 2.24) is 9.78 Å². The Bertz CT molecular complexity index is 245. The standard InChI is InChI=1S/C7H9BrF2N2/c1-4(2)12-6(8)5(3-11-12)7(9)10/h3-4,7H,1-2H3. The molecule has 0 radical (unpaired) electrons. The molecule has 1 rings (SSSR count). The highest BCUT2D eigenvalue weighted by Gasteiger charge is 2.17. The van der Waals surface area contributed by atoms with Gasteiger partial charge in [-0.15, -0.1) is 0 Å². The number of aromatic nitrogens is 2. The molecule has 0 unspecified atom stereocenters. The maximum atomic E-state index is 12.2. The van der Waals surface area contributed by atoms with E-state index in [1.165, 1.54) is 10.9 Å². The number of halogens is 3. The summed E-state index contributed by atoms with van der Waals surface area (Å²) in [5.74, 6) is 0. The Balaban J connectivity index is 3.04. The molecule has 1 aromatic heterocycles. The molecule has 0 aliphatic rings. The van der Waals surface area contributed by atoms with E-state index >= 15 is 0 Å². The van der Waals surface area contributed by atoms with E-state index in [0.717, 1.165) is 0 Å². The summed E-state index contributed by atoms with van der Waals surface area (Å²) >= 11 is 3.07. The predicted molar refractivity (Wildman–Crippen MR) is 45.3 cm³/mol. The Hall–Kier alpha value is -0.450. The highest BCUT2D eigenvalue weighted by Crippen LogP contribution is 2.28. The van der Waals surface area contributed by atoms with Crippen LogP contribution in [0.4, 0.5) is 8.78 Å². The summed E-state index contributed by atoms with van der Waals surface area (Å²) in [5, 5.41) is 3.83. The van der Waals surface area contributed by atoms with Crippen LogP contribution in [-0.4, -0.2) is 9.78 Å². The Morgan fingerprint density at radius 2 is 2.08 bits per heavy atom. The van der Waals surface area contributed by atoms with Crippen molar-refractivity contribution in [3.63, 3.8) is 0 Å². The normalized spacial score (nSPS) is 11.6. The van der Waals surface area contributed by atoms with Crippen molar-refractivity contribution in [3.8, 4) is 0 Å². The van der Waals surface area contributed by atoms with Crippen LogP contribution in [-0.2, 0) is 0 Å². The zero-order valence-electron chi connectivity index (χ0n) is 6.76. The van der Waals surface area contributed by atoms with Gasteiger partial charge in [0.25, 0.3) is 6.43 Å². The number of nitrogens with zero attached hydrogens (tertiary/aromatic N) is 2. The highest BCUT2D eigenvalue weighted by molar-refractivity contribution is 9.10. The van der Waals surface area contributed by atoms with E-state index in [-0.39, 0.29) is 11.6 Å². The summed E-state index contributed by atoms with van der Waals surface area (Å²) < 4.78 is 26.3. The van der Waals surface area contributed by atoms with E-state index < -0.39 is 6.43 Å². The van der Waals surface area contributed by atoms with Gasteiger partial charge in [-0.2, -0.15) is 5.10 Å². The van der Waals surface area contributed by atoms with E-state index in [1.54, 1.807) is 0 Å². The molecule has 1 heterocycles. The number of alkyl halides is 2. The summed E-state index contributed by atoms with van der Waals surface area (Å²) in [5.41, 5.74) is -0.0521. The first kappa shape index (κ1) is 9.64. The highest BCUT2D eigenvalue weighted by atomic mass is 79.9. The average Bonchev–Trinajstić information content (AvgIpc) is 2.30. The number of hydrogen-bond acceptors (Lipinski definition) is 1. The Morgan fingerprint density at radius 1 is 1.50 bits per heavy atom. The molecule has 68 valence electrons. The lowest BCUT2D eigenvalue weighted by Gasteiger charge is -2.06. The lowest BCUT2D eigenvalue weighted by Crippen LogP contribution is -2.02. The molecular formula is C7H9BrF2N2. The lowest BCUT2D eigenvalue weighted by atomic mass is 10.4. The van der Waals surface area contributed by atoms with E-state index in [2.05, 4.69) is 21.0 Å². The first-order valence-corrected chi connectivity index (χ1v) is 4.34. The summed E-state index contributed by atoms with van der Waals surface area (Å²) in [6, 6.07) is 0.0897. The van der Waals surface area contributed by atoms with Gasteiger partial charge in [0, 0.05) is 6.04 Å². The molecule has 5 heteroatoms. The molecular weight excluding hydrogens is 230 g/mol. The monoisotopic (exact) mass is 238 g/mol. The summed E-state index contributed by atoms with van der Waals surface area (Å²) in [7, 11) is 0. The zero-order chi connectivity index (χ0) is 9.30. The molecule has 0 fully saturated rings. The quantitative estimate of drug-likeness (QED) is 0.774. The molecule has 0 saturated heterocycles. The molecule has 0 aliphatic heterocycles. The van der Waals surface area contributed by atoms with Gasteiger partial charge in [0.15, 0.2) is 0 Å². The van der Waals surface area contributed by atoms with Crippen LogP contribution in [0.2, 0.25) is 0 Å². The second-order valence-electron chi connectivity index (χ2n) is 2.73. The average molecular weight is 239 g/mol. The molecule has 0 N–H and O–H groups in total. The molecule has 0 aliphatic carbocycles. The second-order valence-corrected chi connectivity index (χ2v) is 3.48. The topological polar surface area (TPSA) is 17.8 Å². The van der Waals surface area contributed by atoms with E-state index in [4.69, 9.17) is 0 Å². The van der Waals surface area contributed by atoms with Crippen LogP contribution >= 0.6 is 15.9 Å². The first-order chi connectivity index (χ1) is 5.54. The van der Waals surface area contributed by atoms with Crippen LogP contribution in [0.25, 0.3) is 0 Å². The van der Waals surface area contributed by atoms with Gasteiger partial charge in [0.05, 0.1) is 11.8 Å². The van der Waals surface area contributed by atoms with Crippen LogP contribution in [0, 0.1) is 0 Å². The van der Waals surface area contributed by atoms with Gasteiger partial charge in [0.2, 0.25) is 0 Å². The van der Waals surface area contributed by atoms with Gasteiger partial charge < -0.3 is 0 Å². The van der Waals surface area contributed by atoms with Crippen molar-refractivity contribution in [3.05, 3.63) is 16.4 Å². The molecule has 0 spiro atoms.